The summed E-state index contributed by atoms with van der Waals surface area (Å²) in [5, 5.41) is 0. The highest BCUT2D eigenvalue weighted by molar-refractivity contribution is 5.80. The molecule has 0 aliphatic rings. The predicted octanol–water partition coefficient (Wildman–Crippen LogP) is 0.838. The zero-order valence-corrected chi connectivity index (χ0v) is 7.05. The van der Waals surface area contributed by atoms with E-state index in [1.807, 2.05) is 21.1 Å². The minimum Gasteiger partial charge on any atom is -0.325 e. The molecule has 0 aliphatic carbocycles. The summed E-state index contributed by atoms with van der Waals surface area (Å²) in [6.45, 7) is 4.09. The molecule has 0 aromatic heterocycles. The van der Waals surface area contributed by atoms with E-state index in [0.29, 0.717) is 17.4 Å². The third-order valence-electron chi connectivity index (χ3n) is 1.02. The molecule has 0 unspecified atom stereocenters. The molecule has 0 bridgehead atoms. The number of Topliss-reactive ketones (excluding diaryl/α,β-unsaturated/α-hetero) is 1. The number of carbonyl (C=O) groups is 1. The second kappa shape index (κ2) is 3.52. The van der Waals surface area contributed by atoms with Crippen molar-refractivity contribution in [2.75, 3.05) is 27.7 Å². The van der Waals surface area contributed by atoms with Crippen LogP contribution >= 0.6 is 0 Å². The van der Waals surface area contributed by atoms with E-state index < -0.39 is 0 Å². The molecule has 0 aromatic carbocycles. The Bertz CT molecular complexity index is 133. The van der Waals surface area contributed by atoms with Gasteiger partial charge in [-0.15, -0.1) is 6.58 Å². The number of allylic oxidation sites excluding steroid dienone is 1. The Hall–Kier alpha value is -0.630. The van der Waals surface area contributed by atoms with E-state index >= 15 is 0 Å². The van der Waals surface area contributed by atoms with Crippen LogP contribution in [0.15, 0.2) is 12.7 Å². The molecular weight excluding hydrogens is 126 g/mol. The molecule has 0 N–H and O–H groups in total. The van der Waals surface area contributed by atoms with Gasteiger partial charge in [0.25, 0.3) is 0 Å². The quantitative estimate of drug-likeness (QED) is 0.420. The van der Waals surface area contributed by atoms with Gasteiger partial charge < -0.3 is 4.48 Å². The SMILES string of the molecule is C=CCC(=O)C[N+](C)(C)C. The molecule has 2 nitrogen and oxygen atoms in total. The van der Waals surface area contributed by atoms with Crippen molar-refractivity contribution in [3.05, 3.63) is 12.7 Å². The molecule has 0 aromatic rings. The number of rotatable bonds is 4. The molecule has 0 saturated carbocycles. The van der Waals surface area contributed by atoms with Crippen LogP contribution in [0.5, 0.6) is 0 Å². The highest BCUT2D eigenvalue weighted by Gasteiger charge is 2.11. The molecule has 0 atom stereocenters. The maximum atomic E-state index is 11.0. The van der Waals surface area contributed by atoms with Crippen LogP contribution < -0.4 is 0 Å². The van der Waals surface area contributed by atoms with Gasteiger partial charge in [-0.25, -0.2) is 0 Å². The van der Waals surface area contributed by atoms with Gasteiger partial charge in [-0.05, 0) is 0 Å². The maximum Gasteiger partial charge on any atom is 0.190 e. The molecule has 0 fully saturated rings. The third-order valence-corrected chi connectivity index (χ3v) is 1.02. The van der Waals surface area contributed by atoms with E-state index in [-0.39, 0.29) is 5.78 Å². The average molecular weight is 142 g/mol. The Balaban J connectivity index is 3.68. The second-order valence-electron chi connectivity index (χ2n) is 3.48. The lowest BCUT2D eigenvalue weighted by molar-refractivity contribution is -0.862. The van der Waals surface area contributed by atoms with Gasteiger partial charge in [-0.1, -0.05) is 6.08 Å². The van der Waals surface area contributed by atoms with E-state index in [1.54, 1.807) is 6.08 Å². The normalized spacial score (nSPS) is 11.1. The summed E-state index contributed by atoms with van der Waals surface area (Å²) in [4.78, 5) is 11.0. The molecule has 0 aliphatic heterocycles. The highest BCUT2D eigenvalue weighted by atomic mass is 16.1. The summed E-state index contributed by atoms with van der Waals surface area (Å²) in [7, 11) is 6.00. The standard InChI is InChI=1S/C8H16NO/c1-5-6-8(10)7-9(2,3)4/h5H,1,6-7H2,2-4H3/q+1. The van der Waals surface area contributed by atoms with Crippen molar-refractivity contribution in [2.45, 2.75) is 6.42 Å². The third kappa shape index (κ3) is 5.51. The molecule has 0 rings (SSSR count). The molecule has 0 heterocycles. The number of carbonyl (C=O) groups excluding carboxylic acids is 1. The van der Waals surface area contributed by atoms with Crippen molar-refractivity contribution in [3.8, 4) is 0 Å². The van der Waals surface area contributed by atoms with E-state index in [2.05, 4.69) is 6.58 Å². The lowest BCUT2D eigenvalue weighted by Crippen LogP contribution is -2.39. The fraction of sp³-hybridized carbons (Fsp3) is 0.625. The van der Waals surface area contributed by atoms with Gasteiger partial charge in [-0.2, -0.15) is 0 Å². The zero-order valence-electron chi connectivity index (χ0n) is 7.05. The van der Waals surface area contributed by atoms with Crippen molar-refractivity contribution in [1.82, 2.24) is 0 Å². The second-order valence-corrected chi connectivity index (χ2v) is 3.48. The van der Waals surface area contributed by atoms with Crippen LogP contribution in [0.3, 0.4) is 0 Å². The lowest BCUT2D eigenvalue weighted by Gasteiger charge is -2.22. The van der Waals surface area contributed by atoms with E-state index in [1.165, 1.54) is 0 Å². The van der Waals surface area contributed by atoms with Gasteiger partial charge in [0.2, 0.25) is 0 Å². The molecule has 0 amide bonds. The molecular formula is C8H16NO+. The number of hydrogen-bond acceptors (Lipinski definition) is 1. The van der Waals surface area contributed by atoms with Crippen LogP contribution in [0, 0.1) is 0 Å². The van der Waals surface area contributed by atoms with Crippen molar-refractivity contribution < 1.29 is 9.28 Å². The lowest BCUT2D eigenvalue weighted by atomic mass is 10.2. The van der Waals surface area contributed by atoms with Crippen LogP contribution in [-0.2, 0) is 4.79 Å². The Kier molecular flexibility index (Phi) is 3.30. The summed E-state index contributed by atoms with van der Waals surface area (Å²) in [6.07, 6.45) is 2.15. The summed E-state index contributed by atoms with van der Waals surface area (Å²) in [5.41, 5.74) is 0. The molecule has 10 heavy (non-hydrogen) atoms. The summed E-state index contributed by atoms with van der Waals surface area (Å²) < 4.78 is 0.701. The highest BCUT2D eigenvalue weighted by Crippen LogP contribution is 1.93. The summed E-state index contributed by atoms with van der Waals surface area (Å²) in [5.74, 6) is 0.252. The first-order chi connectivity index (χ1) is 4.45. The molecule has 0 radical (unpaired) electrons. The Morgan fingerprint density at radius 1 is 1.50 bits per heavy atom. The molecule has 0 spiro atoms. The van der Waals surface area contributed by atoms with Gasteiger partial charge in [0.1, 0.15) is 6.54 Å². The summed E-state index contributed by atoms with van der Waals surface area (Å²) >= 11 is 0. The van der Waals surface area contributed by atoms with Crippen molar-refractivity contribution >= 4 is 5.78 Å². The van der Waals surface area contributed by atoms with E-state index in [0.717, 1.165) is 0 Å². The topological polar surface area (TPSA) is 17.1 Å². The minimum atomic E-state index is 0.252. The average Bonchev–Trinajstić information content (AvgIpc) is 1.59. The zero-order chi connectivity index (χ0) is 8.20. The first-order valence-electron chi connectivity index (χ1n) is 3.39. The van der Waals surface area contributed by atoms with Crippen LogP contribution in [0.25, 0.3) is 0 Å². The van der Waals surface area contributed by atoms with Crippen molar-refractivity contribution in [3.63, 3.8) is 0 Å². The Labute approximate surface area is 62.7 Å². The van der Waals surface area contributed by atoms with Gasteiger partial charge in [0.05, 0.1) is 21.1 Å². The summed E-state index contributed by atoms with van der Waals surface area (Å²) in [6, 6.07) is 0. The van der Waals surface area contributed by atoms with E-state index in [4.69, 9.17) is 0 Å². The molecule has 2 heteroatoms. The van der Waals surface area contributed by atoms with Gasteiger partial charge in [-0.3, -0.25) is 4.79 Å². The van der Waals surface area contributed by atoms with Crippen molar-refractivity contribution in [1.29, 1.82) is 0 Å². The van der Waals surface area contributed by atoms with Crippen molar-refractivity contribution in [2.24, 2.45) is 0 Å². The molecule has 0 saturated heterocycles. The minimum absolute atomic E-state index is 0.252. The number of hydrogen-bond donors (Lipinski definition) is 0. The van der Waals surface area contributed by atoms with E-state index in [9.17, 15) is 4.79 Å². The van der Waals surface area contributed by atoms with Gasteiger partial charge in [0.15, 0.2) is 5.78 Å². The monoisotopic (exact) mass is 142 g/mol. The van der Waals surface area contributed by atoms with Crippen LogP contribution in [0.4, 0.5) is 0 Å². The van der Waals surface area contributed by atoms with Gasteiger partial charge >= 0.3 is 0 Å². The number of nitrogens with zero attached hydrogens (tertiary/aromatic N) is 1. The fourth-order valence-electron chi connectivity index (χ4n) is 0.755. The van der Waals surface area contributed by atoms with Crippen LogP contribution in [0.2, 0.25) is 0 Å². The predicted molar refractivity (Wildman–Crippen MR) is 42.7 cm³/mol. The maximum absolute atomic E-state index is 11.0. The van der Waals surface area contributed by atoms with Crippen LogP contribution in [-0.4, -0.2) is 38.0 Å². The van der Waals surface area contributed by atoms with Crippen LogP contribution in [0.1, 0.15) is 6.42 Å². The number of quaternary nitrogens is 1. The first kappa shape index (κ1) is 9.37. The fourth-order valence-corrected chi connectivity index (χ4v) is 0.755. The Morgan fingerprint density at radius 3 is 2.30 bits per heavy atom. The Morgan fingerprint density at radius 2 is 2.00 bits per heavy atom. The number of likely N-dealkylation sites (N-methyl/N-ethyl adjacent to an activating group) is 1. The largest absolute Gasteiger partial charge is 0.325 e. The first-order valence-corrected chi connectivity index (χ1v) is 3.39. The smallest absolute Gasteiger partial charge is 0.190 e. The van der Waals surface area contributed by atoms with Gasteiger partial charge in [0, 0.05) is 6.42 Å². The number of ketones is 1. The molecule has 58 valence electrons.